The molecule has 1 aromatic carbocycles. The summed E-state index contributed by atoms with van der Waals surface area (Å²) in [4.78, 5) is 12.4. The Kier molecular flexibility index (Phi) is 5.03. The number of benzene rings is 1. The van der Waals surface area contributed by atoms with Crippen molar-refractivity contribution in [2.75, 3.05) is 18.1 Å². The Morgan fingerprint density at radius 2 is 2.00 bits per heavy atom. The number of hydrazine groups is 1. The second-order valence-electron chi connectivity index (χ2n) is 5.21. The first-order valence-electron chi connectivity index (χ1n) is 6.80. The van der Waals surface area contributed by atoms with Crippen molar-refractivity contribution in [3.05, 3.63) is 28.8 Å². The van der Waals surface area contributed by atoms with Gasteiger partial charge in [0.15, 0.2) is 0 Å². The number of anilines is 1. The minimum atomic E-state index is -0.519. The van der Waals surface area contributed by atoms with Crippen molar-refractivity contribution in [3.8, 4) is 0 Å². The minimum Gasteiger partial charge on any atom is -0.393 e. The van der Waals surface area contributed by atoms with Gasteiger partial charge in [0.1, 0.15) is 0 Å². The van der Waals surface area contributed by atoms with Crippen LogP contribution in [0.2, 0.25) is 5.02 Å². The molecule has 1 aliphatic rings. The van der Waals surface area contributed by atoms with Crippen LogP contribution in [0.3, 0.4) is 0 Å². The van der Waals surface area contributed by atoms with Gasteiger partial charge in [0.25, 0.3) is 0 Å². The average Bonchev–Trinajstić information content (AvgIpc) is 2.43. The van der Waals surface area contributed by atoms with Crippen LogP contribution in [0.5, 0.6) is 0 Å². The summed E-state index contributed by atoms with van der Waals surface area (Å²) in [5, 5.41) is 3.99. The summed E-state index contributed by atoms with van der Waals surface area (Å²) in [5.41, 5.74) is 12.9. The highest BCUT2D eigenvalue weighted by Gasteiger charge is 2.28. The smallest absolute Gasteiger partial charge is 0.334 e. The number of nitrogens with two attached hydrogens (primary N) is 2. The number of carbonyl (C=O) groups excluding carboxylic acids is 1. The van der Waals surface area contributed by atoms with Crippen molar-refractivity contribution in [1.29, 1.82) is 0 Å². The third kappa shape index (κ3) is 3.64. The Labute approximate surface area is 134 Å². The van der Waals surface area contributed by atoms with E-state index in [4.69, 9.17) is 35.3 Å². The van der Waals surface area contributed by atoms with E-state index in [9.17, 15) is 4.79 Å². The van der Waals surface area contributed by atoms with Crippen molar-refractivity contribution in [2.45, 2.75) is 19.8 Å². The number of hydrogen-bond donors (Lipinski definition) is 2. The molecule has 1 saturated heterocycles. The predicted octanol–water partition coefficient (Wildman–Crippen LogP) is 2.45. The van der Waals surface area contributed by atoms with Crippen LogP contribution in [0.4, 0.5) is 10.5 Å². The van der Waals surface area contributed by atoms with Gasteiger partial charge in [0, 0.05) is 24.0 Å². The van der Waals surface area contributed by atoms with Gasteiger partial charge in [-0.2, -0.15) is 0 Å². The summed E-state index contributed by atoms with van der Waals surface area (Å²) >= 11 is 11.1. The normalized spacial score (nSPS) is 16.7. The lowest BCUT2D eigenvalue weighted by Gasteiger charge is -2.39. The molecule has 0 spiro atoms. The second-order valence-corrected chi connectivity index (χ2v) is 6.12. The van der Waals surface area contributed by atoms with E-state index in [0.29, 0.717) is 28.8 Å². The van der Waals surface area contributed by atoms with Crippen LogP contribution in [0.1, 0.15) is 18.4 Å². The van der Waals surface area contributed by atoms with E-state index in [-0.39, 0.29) is 5.92 Å². The maximum atomic E-state index is 11.9. The predicted molar refractivity (Wildman–Crippen MR) is 89.3 cm³/mol. The highest BCUT2D eigenvalue weighted by atomic mass is 35.5. The molecule has 1 heterocycles. The molecule has 2 rings (SSSR count). The molecule has 0 aliphatic carbocycles. The molecule has 0 bridgehead atoms. The molecule has 21 heavy (non-hydrogen) atoms. The van der Waals surface area contributed by atoms with E-state index in [0.717, 1.165) is 18.4 Å². The van der Waals surface area contributed by atoms with Gasteiger partial charge in [-0.25, -0.2) is 14.8 Å². The molecule has 0 saturated carbocycles. The van der Waals surface area contributed by atoms with Crippen molar-refractivity contribution in [3.63, 3.8) is 0 Å². The van der Waals surface area contributed by atoms with E-state index in [2.05, 4.69) is 0 Å². The summed E-state index contributed by atoms with van der Waals surface area (Å²) in [7, 11) is 0. The third-order valence-corrected chi connectivity index (χ3v) is 4.33. The van der Waals surface area contributed by atoms with Crippen LogP contribution in [0.15, 0.2) is 18.2 Å². The number of nitrogens with zero attached hydrogens (tertiary/aromatic N) is 2. The summed E-state index contributed by atoms with van der Waals surface area (Å²) in [5.74, 6) is 0.228. The van der Waals surface area contributed by atoms with Crippen molar-refractivity contribution in [1.82, 2.24) is 5.01 Å². The summed E-state index contributed by atoms with van der Waals surface area (Å²) in [6.07, 6.45) is 1.64. The molecule has 1 fully saturated rings. The molecule has 0 atom stereocenters. The molecule has 0 unspecified atom stereocenters. The molecule has 0 aromatic heterocycles. The van der Waals surface area contributed by atoms with Gasteiger partial charge < -0.3 is 11.5 Å². The first-order chi connectivity index (χ1) is 9.90. The summed E-state index contributed by atoms with van der Waals surface area (Å²) < 4.78 is 0. The fourth-order valence-corrected chi connectivity index (χ4v) is 2.97. The lowest BCUT2D eigenvalue weighted by Crippen LogP contribution is -2.53. The lowest BCUT2D eigenvalue weighted by atomic mass is 9.98. The number of piperidine rings is 1. The summed E-state index contributed by atoms with van der Waals surface area (Å²) in [6.45, 7) is 3.27. The zero-order valence-corrected chi connectivity index (χ0v) is 13.5. The molecule has 7 heteroatoms. The number of carbonyl (C=O) groups is 1. The fourth-order valence-electron chi connectivity index (χ4n) is 2.57. The SMILES string of the molecule is Cc1ccc(Cl)cc1N(C(N)=O)N1CCC(C(N)=S)CC1. The van der Waals surface area contributed by atoms with Crippen LogP contribution >= 0.6 is 23.8 Å². The Balaban J connectivity index is 2.23. The standard InChI is InChI=1S/C14H19ClN4OS/c1-9-2-3-11(15)8-12(9)19(14(17)20)18-6-4-10(5-7-18)13(16)21/h2-3,8,10H,4-7H2,1H3,(H2,16,21)(H2,17,20). The molecule has 1 aliphatic heterocycles. The van der Waals surface area contributed by atoms with Gasteiger partial charge in [-0.15, -0.1) is 0 Å². The topological polar surface area (TPSA) is 75.6 Å². The van der Waals surface area contributed by atoms with Crippen molar-refractivity contribution < 1.29 is 4.79 Å². The van der Waals surface area contributed by atoms with Gasteiger partial charge in [0.2, 0.25) is 0 Å². The highest BCUT2D eigenvalue weighted by Crippen LogP contribution is 2.28. The first-order valence-corrected chi connectivity index (χ1v) is 7.58. The van der Waals surface area contributed by atoms with Gasteiger partial charge >= 0.3 is 6.03 Å². The number of rotatable bonds is 3. The van der Waals surface area contributed by atoms with E-state index in [1.807, 2.05) is 18.0 Å². The molecule has 114 valence electrons. The Morgan fingerprint density at radius 3 is 2.52 bits per heavy atom. The first kappa shape index (κ1) is 16.0. The molecule has 1 aromatic rings. The lowest BCUT2D eigenvalue weighted by molar-refractivity contribution is 0.186. The van der Waals surface area contributed by atoms with E-state index >= 15 is 0 Å². The van der Waals surface area contributed by atoms with Crippen LogP contribution in [-0.2, 0) is 0 Å². The van der Waals surface area contributed by atoms with Crippen molar-refractivity contribution in [2.24, 2.45) is 17.4 Å². The van der Waals surface area contributed by atoms with Crippen LogP contribution in [0.25, 0.3) is 0 Å². The maximum Gasteiger partial charge on any atom is 0.334 e. The number of amides is 2. The van der Waals surface area contributed by atoms with E-state index in [1.54, 1.807) is 12.1 Å². The number of urea groups is 1. The number of thiocarbonyl (C=S) groups is 1. The molecule has 5 nitrogen and oxygen atoms in total. The monoisotopic (exact) mass is 326 g/mol. The van der Waals surface area contributed by atoms with E-state index in [1.165, 1.54) is 5.01 Å². The van der Waals surface area contributed by atoms with Gasteiger partial charge in [-0.05, 0) is 37.5 Å². The largest absolute Gasteiger partial charge is 0.393 e. The number of primary amides is 1. The Morgan fingerprint density at radius 1 is 1.38 bits per heavy atom. The van der Waals surface area contributed by atoms with Gasteiger partial charge in [0.05, 0.1) is 10.7 Å². The Bertz CT molecular complexity index is 558. The summed E-state index contributed by atoms with van der Waals surface area (Å²) in [6, 6.07) is 4.89. The van der Waals surface area contributed by atoms with Crippen LogP contribution in [-0.4, -0.2) is 29.1 Å². The quantitative estimate of drug-likeness (QED) is 0.837. The molecular formula is C14H19ClN4OS. The minimum absolute atomic E-state index is 0.228. The van der Waals surface area contributed by atoms with Crippen LogP contribution < -0.4 is 16.5 Å². The number of halogens is 1. The van der Waals surface area contributed by atoms with Gasteiger partial charge in [-0.3, -0.25) is 0 Å². The second kappa shape index (κ2) is 6.60. The maximum absolute atomic E-state index is 11.9. The highest BCUT2D eigenvalue weighted by molar-refractivity contribution is 7.80. The molecule has 2 amide bonds. The third-order valence-electron chi connectivity index (χ3n) is 3.76. The fraction of sp³-hybridized carbons (Fsp3) is 0.429. The number of hydrogen-bond acceptors (Lipinski definition) is 3. The number of aryl methyl sites for hydroxylation is 1. The van der Waals surface area contributed by atoms with Gasteiger partial charge in [-0.1, -0.05) is 29.9 Å². The molecule has 0 radical (unpaired) electrons. The zero-order chi connectivity index (χ0) is 15.6. The average molecular weight is 327 g/mol. The van der Waals surface area contributed by atoms with E-state index < -0.39 is 6.03 Å². The molecular weight excluding hydrogens is 308 g/mol. The molecule has 4 N–H and O–H groups in total. The zero-order valence-electron chi connectivity index (χ0n) is 11.9. The van der Waals surface area contributed by atoms with Crippen LogP contribution in [0, 0.1) is 12.8 Å². The Hall–Kier alpha value is -1.37. The van der Waals surface area contributed by atoms with Crippen molar-refractivity contribution >= 4 is 40.5 Å².